The fourth-order valence-corrected chi connectivity index (χ4v) is 6.25. The van der Waals surface area contributed by atoms with Crippen LogP contribution in [0.3, 0.4) is 0 Å². The van der Waals surface area contributed by atoms with Gasteiger partial charge in [0.2, 0.25) is 17.7 Å². The van der Waals surface area contributed by atoms with Crippen molar-refractivity contribution in [2.45, 2.75) is 117 Å². The lowest BCUT2D eigenvalue weighted by Crippen LogP contribution is -2.41. The number of nitrogens with zero attached hydrogens (tertiary/aromatic N) is 3. The number of ether oxygens (including phenoxy) is 3. The maximum atomic E-state index is 6.30. The molecule has 264 valence electrons. The second kappa shape index (κ2) is 11.4. The van der Waals surface area contributed by atoms with Crippen molar-refractivity contribution in [3.63, 3.8) is 0 Å². The van der Waals surface area contributed by atoms with E-state index < -0.39 is 0 Å². The van der Waals surface area contributed by atoms with Gasteiger partial charge in [-0.05, 0) is 171 Å². The van der Waals surface area contributed by atoms with Crippen molar-refractivity contribution in [3.05, 3.63) is 108 Å². The van der Waals surface area contributed by atoms with Gasteiger partial charge in [-0.25, -0.2) is 15.0 Å². The van der Waals surface area contributed by atoms with Crippen molar-refractivity contribution < 1.29 is 14.2 Å². The van der Waals surface area contributed by atoms with E-state index in [1.165, 1.54) is 0 Å². The van der Waals surface area contributed by atoms with E-state index >= 15 is 0 Å². The molecule has 0 amide bonds. The van der Waals surface area contributed by atoms with Crippen molar-refractivity contribution in [1.82, 2.24) is 0 Å². The predicted octanol–water partition coefficient (Wildman–Crippen LogP) is 10.7. The maximum Gasteiger partial charge on any atom is 0.217 e. The SMILES string of the molecule is CC1(C)N=C(c2ccc(-c3cc(-c4ccc(C5=NC(C)(C)C(C)(C)O5)cc4)cc(-c4ccc(C5=NC(C)(C)C(C)(C)O5)cc4)c3)cc2)OC1(C)C. The average molecular weight is 682 g/mol. The zero-order chi connectivity index (χ0) is 36.8. The summed E-state index contributed by atoms with van der Waals surface area (Å²) in [6.45, 7) is 25.3. The topological polar surface area (TPSA) is 64.8 Å². The van der Waals surface area contributed by atoms with Crippen LogP contribution < -0.4 is 0 Å². The van der Waals surface area contributed by atoms with E-state index in [2.05, 4.69) is 174 Å². The molecule has 6 heteroatoms. The number of hydrogen-bond acceptors (Lipinski definition) is 6. The molecule has 7 rings (SSSR count). The molecule has 0 atom stereocenters. The van der Waals surface area contributed by atoms with Crippen LogP contribution in [0, 0.1) is 0 Å². The van der Waals surface area contributed by atoms with Gasteiger partial charge in [0.1, 0.15) is 16.8 Å². The van der Waals surface area contributed by atoms with Crippen molar-refractivity contribution >= 4 is 17.7 Å². The lowest BCUT2D eigenvalue weighted by atomic mass is 9.87. The van der Waals surface area contributed by atoms with Gasteiger partial charge in [-0.1, -0.05) is 36.4 Å². The summed E-state index contributed by atoms with van der Waals surface area (Å²) in [6.07, 6.45) is 0. The second-order valence-corrected chi connectivity index (χ2v) is 17.3. The Morgan fingerprint density at radius 2 is 0.490 bits per heavy atom. The van der Waals surface area contributed by atoms with Crippen LogP contribution in [-0.2, 0) is 14.2 Å². The van der Waals surface area contributed by atoms with Crippen molar-refractivity contribution in [2.75, 3.05) is 0 Å². The molecule has 3 aliphatic heterocycles. The Labute approximate surface area is 303 Å². The normalized spacial score (nSPS) is 21.5. The first-order valence-electron chi connectivity index (χ1n) is 18.0. The van der Waals surface area contributed by atoms with Gasteiger partial charge in [0, 0.05) is 16.7 Å². The van der Waals surface area contributed by atoms with Gasteiger partial charge < -0.3 is 14.2 Å². The third-order valence-corrected chi connectivity index (χ3v) is 11.9. The summed E-state index contributed by atoms with van der Waals surface area (Å²) >= 11 is 0. The third kappa shape index (κ3) is 6.07. The number of aliphatic imine (C=N–C) groups is 3. The first kappa shape index (κ1) is 34.7. The van der Waals surface area contributed by atoms with Crippen LogP contribution in [-0.4, -0.2) is 51.1 Å². The third-order valence-electron chi connectivity index (χ3n) is 11.9. The van der Waals surface area contributed by atoms with Gasteiger partial charge in [-0.3, -0.25) is 0 Å². The molecule has 0 saturated carbocycles. The van der Waals surface area contributed by atoms with Gasteiger partial charge in [0.25, 0.3) is 0 Å². The summed E-state index contributed by atoms with van der Waals surface area (Å²) in [5.41, 5.74) is 7.61. The minimum absolute atomic E-state index is 0.304. The molecule has 0 aliphatic carbocycles. The monoisotopic (exact) mass is 681 g/mol. The molecule has 0 aromatic heterocycles. The van der Waals surface area contributed by atoms with Crippen LogP contribution in [0.25, 0.3) is 33.4 Å². The highest BCUT2D eigenvalue weighted by atomic mass is 16.5. The molecule has 51 heavy (non-hydrogen) atoms. The van der Waals surface area contributed by atoms with Crippen molar-refractivity contribution in [1.29, 1.82) is 0 Å². The van der Waals surface area contributed by atoms with Crippen LogP contribution in [0.4, 0.5) is 0 Å². The second-order valence-electron chi connectivity index (χ2n) is 17.3. The molecule has 3 aliphatic rings. The summed E-state index contributed by atoms with van der Waals surface area (Å²) in [5.74, 6) is 2.07. The van der Waals surface area contributed by atoms with Gasteiger partial charge in [0.15, 0.2) is 0 Å². The van der Waals surface area contributed by atoms with E-state index in [1.807, 2.05) is 0 Å². The molecule has 0 unspecified atom stereocenters. The average Bonchev–Trinajstić information content (AvgIpc) is 3.53. The van der Waals surface area contributed by atoms with Crippen LogP contribution in [0.5, 0.6) is 0 Å². The summed E-state index contributed by atoms with van der Waals surface area (Å²) in [7, 11) is 0. The first-order chi connectivity index (χ1) is 23.7. The minimum atomic E-state index is -0.374. The number of benzene rings is 4. The molecule has 0 radical (unpaired) electrons. The Kier molecular flexibility index (Phi) is 7.76. The lowest BCUT2D eigenvalue weighted by molar-refractivity contribution is 0.0618. The Balaban J connectivity index is 1.25. The maximum absolute atomic E-state index is 6.30. The van der Waals surface area contributed by atoms with E-state index in [0.29, 0.717) is 17.7 Å². The van der Waals surface area contributed by atoms with Gasteiger partial charge in [0.05, 0.1) is 16.6 Å². The summed E-state index contributed by atoms with van der Waals surface area (Å²) < 4.78 is 18.9. The fraction of sp³-hybridized carbons (Fsp3) is 0.400. The zero-order valence-electron chi connectivity index (χ0n) is 32.2. The highest BCUT2D eigenvalue weighted by Crippen LogP contribution is 2.40. The fourth-order valence-electron chi connectivity index (χ4n) is 6.25. The Morgan fingerprint density at radius 1 is 0.294 bits per heavy atom. The Bertz CT molecular complexity index is 1840. The molecule has 6 nitrogen and oxygen atoms in total. The highest BCUT2D eigenvalue weighted by Gasteiger charge is 2.47. The molecular formula is C45H51N3O3. The molecule has 3 heterocycles. The molecule has 0 saturated heterocycles. The summed E-state index contributed by atoms with van der Waals surface area (Å²) in [4.78, 5) is 14.7. The molecular weight excluding hydrogens is 631 g/mol. The van der Waals surface area contributed by atoms with Crippen molar-refractivity contribution in [3.8, 4) is 33.4 Å². The molecule has 4 aromatic carbocycles. The largest absolute Gasteiger partial charge is 0.469 e. The van der Waals surface area contributed by atoms with E-state index in [4.69, 9.17) is 29.2 Å². The molecule has 0 bridgehead atoms. The quantitative estimate of drug-likeness (QED) is 0.203. The minimum Gasteiger partial charge on any atom is -0.469 e. The predicted molar refractivity (Wildman–Crippen MR) is 210 cm³/mol. The van der Waals surface area contributed by atoms with Gasteiger partial charge in [-0.2, -0.15) is 0 Å². The molecule has 0 fully saturated rings. The van der Waals surface area contributed by atoms with E-state index in [1.54, 1.807) is 0 Å². The van der Waals surface area contributed by atoms with E-state index in [0.717, 1.165) is 50.1 Å². The summed E-state index contributed by atoms with van der Waals surface area (Å²) in [6, 6.07) is 32.4. The zero-order valence-corrected chi connectivity index (χ0v) is 32.2. The molecule has 4 aromatic rings. The Morgan fingerprint density at radius 3 is 0.667 bits per heavy atom. The number of hydrogen-bond donors (Lipinski definition) is 0. The smallest absolute Gasteiger partial charge is 0.217 e. The van der Waals surface area contributed by atoms with Crippen LogP contribution >= 0.6 is 0 Å². The highest BCUT2D eigenvalue weighted by molar-refractivity contribution is 5.98. The van der Waals surface area contributed by atoms with Crippen LogP contribution in [0.2, 0.25) is 0 Å². The molecule has 0 N–H and O–H groups in total. The van der Waals surface area contributed by atoms with Crippen molar-refractivity contribution in [2.24, 2.45) is 15.0 Å². The summed E-state index contributed by atoms with van der Waals surface area (Å²) in [5, 5.41) is 0. The van der Waals surface area contributed by atoms with Crippen LogP contribution in [0.15, 0.2) is 106 Å². The number of rotatable bonds is 6. The van der Waals surface area contributed by atoms with Gasteiger partial charge in [-0.15, -0.1) is 0 Å². The van der Waals surface area contributed by atoms with Gasteiger partial charge >= 0.3 is 0 Å². The van der Waals surface area contributed by atoms with Crippen LogP contribution in [0.1, 0.15) is 99.8 Å². The standard InChI is InChI=1S/C45H51N3O3/c1-40(2)43(7,8)49-37(46-40)31-19-13-28(14-20-31)34-25-35(29-15-21-32(22-16-29)38-47-41(3,4)44(9,10)50-38)27-36(26-34)30-17-23-33(24-18-30)39-48-42(5,6)45(11,12)51-39/h13-27H,1-12H3. The van der Waals surface area contributed by atoms with E-state index in [9.17, 15) is 0 Å². The Hall–Kier alpha value is -4.71. The lowest BCUT2D eigenvalue weighted by Gasteiger charge is -2.30. The first-order valence-corrected chi connectivity index (χ1v) is 18.0. The van der Waals surface area contributed by atoms with E-state index in [-0.39, 0.29) is 33.4 Å². The molecule has 0 spiro atoms.